The van der Waals surface area contributed by atoms with E-state index in [1.165, 1.54) is 4.90 Å². The summed E-state index contributed by atoms with van der Waals surface area (Å²) in [5.41, 5.74) is 4.30. The molecule has 0 spiro atoms. The van der Waals surface area contributed by atoms with Gasteiger partial charge in [-0.05, 0) is 42.7 Å². The summed E-state index contributed by atoms with van der Waals surface area (Å²) < 4.78 is 5.59. The maximum absolute atomic E-state index is 12.3. The van der Waals surface area contributed by atoms with Crippen LogP contribution in [0.5, 0.6) is 0 Å². The van der Waals surface area contributed by atoms with Gasteiger partial charge in [-0.3, -0.25) is 10.1 Å². The van der Waals surface area contributed by atoms with E-state index in [1.807, 2.05) is 43.8 Å². The third kappa shape index (κ3) is 5.70. The van der Waals surface area contributed by atoms with Crippen LogP contribution in [0.3, 0.4) is 0 Å². The van der Waals surface area contributed by atoms with Gasteiger partial charge in [0.1, 0.15) is 0 Å². The molecular formula is C22H25N3O2S. The fourth-order valence-corrected chi connectivity index (χ4v) is 3.67. The van der Waals surface area contributed by atoms with Crippen molar-refractivity contribution in [2.45, 2.75) is 50.7 Å². The zero-order valence-corrected chi connectivity index (χ0v) is 17.5. The maximum Gasteiger partial charge on any atom is 0.322 e. The zero-order valence-electron chi connectivity index (χ0n) is 16.7. The molecule has 146 valence electrons. The van der Waals surface area contributed by atoms with Gasteiger partial charge in [0.25, 0.3) is 0 Å². The summed E-state index contributed by atoms with van der Waals surface area (Å²) in [6.45, 7) is 8.36. The number of nitrogens with zero attached hydrogens (tertiary/aromatic N) is 2. The van der Waals surface area contributed by atoms with E-state index in [1.54, 1.807) is 0 Å². The molecule has 0 bridgehead atoms. The van der Waals surface area contributed by atoms with Crippen molar-refractivity contribution in [2.75, 3.05) is 5.32 Å². The molecule has 0 aliphatic heterocycles. The Morgan fingerprint density at radius 1 is 1.11 bits per heavy atom. The fourth-order valence-electron chi connectivity index (χ4n) is 2.84. The van der Waals surface area contributed by atoms with Gasteiger partial charge in [0, 0.05) is 10.1 Å². The Balaban J connectivity index is 1.57. The standard InChI is InChI=1S/C22H25N3O2S/c1-14(2)28-19-9-7-17(8-10-19)12-21-24-25-22(27-21)23-20(26)13-18-11-15(3)5-6-16(18)4/h5-11,14H,12-13H2,1-4H3,(H,23,25,26). The molecule has 1 aromatic heterocycles. The first-order chi connectivity index (χ1) is 13.4. The van der Waals surface area contributed by atoms with Crippen molar-refractivity contribution in [1.82, 2.24) is 10.2 Å². The van der Waals surface area contributed by atoms with Crippen molar-refractivity contribution < 1.29 is 9.21 Å². The predicted molar refractivity (Wildman–Crippen MR) is 113 cm³/mol. The average Bonchev–Trinajstić information content (AvgIpc) is 3.06. The largest absolute Gasteiger partial charge is 0.407 e. The highest BCUT2D eigenvalue weighted by Crippen LogP contribution is 2.23. The van der Waals surface area contributed by atoms with Gasteiger partial charge in [-0.25, -0.2) is 0 Å². The van der Waals surface area contributed by atoms with Crippen molar-refractivity contribution in [3.8, 4) is 0 Å². The van der Waals surface area contributed by atoms with Crippen LogP contribution >= 0.6 is 11.8 Å². The number of aryl methyl sites for hydroxylation is 2. The Hall–Kier alpha value is -2.60. The Bertz CT molecular complexity index is 949. The third-order valence-electron chi connectivity index (χ3n) is 4.22. The van der Waals surface area contributed by atoms with Gasteiger partial charge in [0.2, 0.25) is 11.8 Å². The van der Waals surface area contributed by atoms with Crippen molar-refractivity contribution in [2.24, 2.45) is 0 Å². The number of carbonyl (C=O) groups is 1. The first-order valence-corrected chi connectivity index (χ1v) is 10.2. The van der Waals surface area contributed by atoms with Crippen LogP contribution < -0.4 is 5.32 Å². The molecule has 0 aliphatic carbocycles. The SMILES string of the molecule is Cc1ccc(C)c(CC(=O)Nc2nnc(Cc3ccc(SC(C)C)cc3)o2)c1. The minimum absolute atomic E-state index is 0.136. The zero-order chi connectivity index (χ0) is 20.1. The highest BCUT2D eigenvalue weighted by molar-refractivity contribution is 7.99. The van der Waals surface area contributed by atoms with Gasteiger partial charge < -0.3 is 4.42 Å². The van der Waals surface area contributed by atoms with Gasteiger partial charge in [-0.15, -0.1) is 16.9 Å². The lowest BCUT2D eigenvalue weighted by molar-refractivity contribution is -0.115. The summed E-state index contributed by atoms with van der Waals surface area (Å²) >= 11 is 1.83. The van der Waals surface area contributed by atoms with Crippen LogP contribution in [0.4, 0.5) is 6.01 Å². The number of amides is 1. The van der Waals surface area contributed by atoms with E-state index in [0.29, 0.717) is 17.6 Å². The quantitative estimate of drug-likeness (QED) is 0.573. The fraction of sp³-hybridized carbons (Fsp3) is 0.318. The van der Waals surface area contributed by atoms with Gasteiger partial charge in [-0.2, -0.15) is 0 Å². The summed E-state index contributed by atoms with van der Waals surface area (Å²) in [5.74, 6) is 0.310. The molecule has 3 aromatic rings. The van der Waals surface area contributed by atoms with Crippen molar-refractivity contribution in [3.05, 3.63) is 70.6 Å². The summed E-state index contributed by atoms with van der Waals surface area (Å²) in [6.07, 6.45) is 0.812. The number of aromatic nitrogens is 2. The van der Waals surface area contributed by atoms with Gasteiger partial charge >= 0.3 is 6.01 Å². The van der Waals surface area contributed by atoms with Crippen LogP contribution in [0, 0.1) is 13.8 Å². The van der Waals surface area contributed by atoms with Crippen LogP contribution in [-0.2, 0) is 17.6 Å². The van der Waals surface area contributed by atoms with E-state index in [0.717, 1.165) is 22.3 Å². The summed E-state index contributed by atoms with van der Waals surface area (Å²) in [5, 5.41) is 11.2. The van der Waals surface area contributed by atoms with E-state index in [9.17, 15) is 4.79 Å². The molecule has 0 saturated carbocycles. The highest BCUT2D eigenvalue weighted by Gasteiger charge is 2.12. The lowest BCUT2D eigenvalue weighted by Crippen LogP contribution is -2.15. The Labute approximate surface area is 170 Å². The van der Waals surface area contributed by atoms with Crippen LogP contribution in [0.2, 0.25) is 0 Å². The first kappa shape index (κ1) is 20.1. The second kappa shape index (κ2) is 9.06. The normalized spacial score (nSPS) is 11.0. The second-order valence-electron chi connectivity index (χ2n) is 7.14. The third-order valence-corrected chi connectivity index (χ3v) is 5.24. The number of carbonyl (C=O) groups excluding carboxylic acids is 1. The van der Waals surface area contributed by atoms with Crippen LogP contribution in [0.15, 0.2) is 51.8 Å². The Morgan fingerprint density at radius 3 is 2.57 bits per heavy atom. The topological polar surface area (TPSA) is 68.0 Å². The number of benzene rings is 2. The molecule has 0 unspecified atom stereocenters. The number of anilines is 1. The van der Waals surface area contributed by atoms with Gasteiger partial charge in [-0.1, -0.05) is 54.8 Å². The molecule has 2 aromatic carbocycles. The van der Waals surface area contributed by atoms with Crippen LogP contribution in [0.25, 0.3) is 0 Å². The van der Waals surface area contributed by atoms with E-state index in [2.05, 4.69) is 53.6 Å². The van der Waals surface area contributed by atoms with E-state index < -0.39 is 0 Å². The maximum atomic E-state index is 12.3. The Morgan fingerprint density at radius 2 is 1.86 bits per heavy atom. The van der Waals surface area contributed by atoms with E-state index in [4.69, 9.17) is 4.42 Å². The summed E-state index contributed by atoms with van der Waals surface area (Å²) in [4.78, 5) is 13.5. The number of hydrogen-bond donors (Lipinski definition) is 1. The minimum atomic E-state index is -0.168. The molecule has 3 rings (SSSR count). The molecule has 0 radical (unpaired) electrons. The minimum Gasteiger partial charge on any atom is -0.407 e. The monoisotopic (exact) mass is 395 g/mol. The molecule has 1 N–H and O–H groups in total. The molecule has 5 nitrogen and oxygen atoms in total. The molecule has 6 heteroatoms. The molecular weight excluding hydrogens is 370 g/mol. The van der Waals surface area contributed by atoms with Crippen molar-refractivity contribution >= 4 is 23.7 Å². The molecule has 1 heterocycles. The molecule has 28 heavy (non-hydrogen) atoms. The number of rotatable bonds is 7. The lowest BCUT2D eigenvalue weighted by atomic mass is 10.0. The van der Waals surface area contributed by atoms with Crippen molar-refractivity contribution in [1.29, 1.82) is 0 Å². The molecule has 1 amide bonds. The van der Waals surface area contributed by atoms with E-state index in [-0.39, 0.29) is 18.3 Å². The molecule has 0 saturated heterocycles. The smallest absolute Gasteiger partial charge is 0.322 e. The van der Waals surface area contributed by atoms with Crippen molar-refractivity contribution in [3.63, 3.8) is 0 Å². The number of thioether (sulfide) groups is 1. The summed E-state index contributed by atoms with van der Waals surface area (Å²) in [7, 11) is 0. The highest BCUT2D eigenvalue weighted by atomic mass is 32.2. The lowest BCUT2D eigenvalue weighted by Gasteiger charge is -2.06. The molecule has 0 fully saturated rings. The van der Waals surface area contributed by atoms with E-state index >= 15 is 0 Å². The second-order valence-corrected chi connectivity index (χ2v) is 8.79. The number of nitrogens with one attached hydrogen (secondary N) is 1. The van der Waals surface area contributed by atoms with Crippen LogP contribution in [0.1, 0.15) is 42.0 Å². The summed E-state index contributed by atoms with van der Waals surface area (Å²) in [6, 6.07) is 14.5. The number of hydrogen-bond acceptors (Lipinski definition) is 5. The van der Waals surface area contributed by atoms with Crippen LogP contribution in [-0.4, -0.2) is 21.4 Å². The first-order valence-electron chi connectivity index (χ1n) is 9.33. The molecule has 0 aliphatic rings. The predicted octanol–water partition coefficient (Wildman–Crippen LogP) is 4.96. The van der Waals surface area contributed by atoms with Gasteiger partial charge in [0.05, 0.1) is 12.8 Å². The Kier molecular flexibility index (Phi) is 6.52. The average molecular weight is 396 g/mol. The van der Waals surface area contributed by atoms with Gasteiger partial charge in [0.15, 0.2) is 0 Å². The molecule has 0 atom stereocenters.